The summed E-state index contributed by atoms with van der Waals surface area (Å²) in [7, 11) is 0. The van der Waals surface area contributed by atoms with Crippen LogP contribution in [0, 0.1) is 5.92 Å². The second kappa shape index (κ2) is 4.32. The van der Waals surface area contributed by atoms with Crippen molar-refractivity contribution >= 4 is 10.8 Å². The van der Waals surface area contributed by atoms with Crippen LogP contribution in [0.5, 0.6) is 0 Å². The third-order valence-corrected chi connectivity index (χ3v) is 3.79. The van der Waals surface area contributed by atoms with E-state index in [9.17, 15) is 4.79 Å². The molecule has 1 aliphatic rings. The molecule has 2 aromatic rings. The fourth-order valence-corrected chi connectivity index (χ4v) is 2.48. The highest BCUT2D eigenvalue weighted by Gasteiger charge is 2.17. The summed E-state index contributed by atoms with van der Waals surface area (Å²) in [6.45, 7) is 0. The Kier molecular flexibility index (Phi) is 2.67. The van der Waals surface area contributed by atoms with Crippen molar-refractivity contribution in [2.24, 2.45) is 5.92 Å². The molecule has 0 unspecified atom stereocenters. The first-order valence-electron chi connectivity index (χ1n) is 6.31. The summed E-state index contributed by atoms with van der Waals surface area (Å²) in [5.41, 5.74) is 0.945. The van der Waals surface area contributed by atoms with Crippen LogP contribution in [-0.2, 0) is 6.42 Å². The predicted molar refractivity (Wildman–Crippen MR) is 68.0 cm³/mol. The molecule has 88 valence electrons. The SMILES string of the molecule is O=c1[nH]nc(CCC2CCC2)c2ccccc12. The van der Waals surface area contributed by atoms with Gasteiger partial charge in [-0.15, -0.1) is 0 Å². The van der Waals surface area contributed by atoms with E-state index in [1.807, 2.05) is 24.3 Å². The van der Waals surface area contributed by atoms with Crippen LogP contribution in [-0.4, -0.2) is 10.2 Å². The van der Waals surface area contributed by atoms with Gasteiger partial charge in [-0.25, -0.2) is 5.10 Å². The summed E-state index contributed by atoms with van der Waals surface area (Å²) in [5, 5.41) is 8.56. The van der Waals surface area contributed by atoms with Gasteiger partial charge in [-0.05, 0) is 24.8 Å². The Morgan fingerprint density at radius 3 is 2.71 bits per heavy atom. The molecule has 1 aliphatic carbocycles. The number of nitrogens with one attached hydrogen (secondary N) is 1. The number of H-pyrrole nitrogens is 1. The molecule has 3 heteroatoms. The molecule has 0 radical (unpaired) electrons. The highest BCUT2D eigenvalue weighted by atomic mass is 16.1. The van der Waals surface area contributed by atoms with Crippen LogP contribution in [0.1, 0.15) is 31.4 Å². The number of benzene rings is 1. The smallest absolute Gasteiger partial charge is 0.267 e. The van der Waals surface area contributed by atoms with E-state index in [1.165, 1.54) is 25.7 Å². The Morgan fingerprint density at radius 2 is 2.00 bits per heavy atom. The number of aryl methyl sites for hydroxylation is 1. The monoisotopic (exact) mass is 228 g/mol. The van der Waals surface area contributed by atoms with Gasteiger partial charge in [0, 0.05) is 5.39 Å². The topological polar surface area (TPSA) is 45.8 Å². The largest absolute Gasteiger partial charge is 0.272 e. The summed E-state index contributed by atoms with van der Waals surface area (Å²) in [6.07, 6.45) is 6.28. The van der Waals surface area contributed by atoms with E-state index in [0.717, 1.165) is 28.8 Å². The molecule has 1 saturated carbocycles. The van der Waals surface area contributed by atoms with Crippen molar-refractivity contribution in [3.05, 3.63) is 40.3 Å². The molecule has 3 nitrogen and oxygen atoms in total. The van der Waals surface area contributed by atoms with Crippen molar-refractivity contribution in [3.8, 4) is 0 Å². The summed E-state index contributed by atoms with van der Waals surface area (Å²) in [4.78, 5) is 11.6. The van der Waals surface area contributed by atoms with Crippen LogP contribution < -0.4 is 5.56 Å². The van der Waals surface area contributed by atoms with Crippen LogP contribution in [0.2, 0.25) is 0 Å². The van der Waals surface area contributed by atoms with Gasteiger partial charge in [0.2, 0.25) is 0 Å². The molecule has 0 atom stereocenters. The number of nitrogens with zero attached hydrogens (tertiary/aromatic N) is 1. The van der Waals surface area contributed by atoms with E-state index in [1.54, 1.807) is 0 Å². The van der Waals surface area contributed by atoms with Crippen molar-refractivity contribution in [2.75, 3.05) is 0 Å². The van der Waals surface area contributed by atoms with E-state index in [-0.39, 0.29) is 5.56 Å². The van der Waals surface area contributed by atoms with Crippen molar-refractivity contribution in [3.63, 3.8) is 0 Å². The zero-order valence-electron chi connectivity index (χ0n) is 9.78. The van der Waals surface area contributed by atoms with Gasteiger partial charge in [-0.1, -0.05) is 37.5 Å². The lowest BCUT2D eigenvalue weighted by Crippen LogP contribution is -2.14. The molecule has 17 heavy (non-hydrogen) atoms. The lowest BCUT2D eigenvalue weighted by molar-refractivity contribution is 0.295. The van der Waals surface area contributed by atoms with Crippen molar-refractivity contribution in [1.82, 2.24) is 10.2 Å². The second-order valence-corrected chi connectivity index (χ2v) is 4.88. The normalized spacial score (nSPS) is 16.0. The van der Waals surface area contributed by atoms with Gasteiger partial charge in [-0.3, -0.25) is 4.79 Å². The van der Waals surface area contributed by atoms with Gasteiger partial charge in [0.15, 0.2) is 0 Å². The molecular formula is C14H16N2O. The average molecular weight is 228 g/mol. The number of hydrogen-bond donors (Lipinski definition) is 1. The van der Waals surface area contributed by atoms with Gasteiger partial charge < -0.3 is 0 Å². The van der Waals surface area contributed by atoms with Gasteiger partial charge in [0.25, 0.3) is 5.56 Å². The maximum atomic E-state index is 11.6. The Morgan fingerprint density at radius 1 is 1.24 bits per heavy atom. The molecule has 1 aromatic carbocycles. The zero-order valence-corrected chi connectivity index (χ0v) is 9.78. The van der Waals surface area contributed by atoms with Gasteiger partial charge in [0.1, 0.15) is 0 Å². The van der Waals surface area contributed by atoms with E-state index < -0.39 is 0 Å². The van der Waals surface area contributed by atoms with Crippen LogP contribution >= 0.6 is 0 Å². The Labute approximate surface area is 99.9 Å². The lowest BCUT2D eigenvalue weighted by Gasteiger charge is -2.24. The average Bonchev–Trinajstić information content (AvgIpc) is 2.30. The summed E-state index contributed by atoms with van der Waals surface area (Å²) >= 11 is 0. The van der Waals surface area contributed by atoms with Crippen molar-refractivity contribution in [1.29, 1.82) is 0 Å². The Bertz CT molecular complexity index is 584. The molecular weight excluding hydrogens is 212 g/mol. The van der Waals surface area contributed by atoms with E-state index in [2.05, 4.69) is 10.2 Å². The van der Waals surface area contributed by atoms with Crippen LogP contribution in [0.3, 0.4) is 0 Å². The Hall–Kier alpha value is -1.64. The molecule has 0 aliphatic heterocycles. The number of aromatic nitrogens is 2. The van der Waals surface area contributed by atoms with Gasteiger partial charge >= 0.3 is 0 Å². The third-order valence-electron chi connectivity index (χ3n) is 3.79. The standard InChI is InChI=1S/C14H16N2O/c17-14-12-7-2-1-6-11(12)13(15-16-14)9-8-10-4-3-5-10/h1-2,6-7,10H,3-5,8-9H2,(H,16,17). The second-order valence-electron chi connectivity index (χ2n) is 4.88. The first kappa shape index (κ1) is 10.5. The molecule has 0 amide bonds. The minimum atomic E-state index is -0.0898. The molecule has 3 rings (SSSR count). The number of aromatic amines is 1. The van der Waals surface area contributed by atoms with E-state index in [0.29, 0.717) is 0 Å². The molecule has 1 N–H and O–H groups in total. The van der Waals surface area contributed by atoms with E-state index in [4.69, 9.17) is 0 Å². The molecule has 0 bridgehead atoms. The lowest BCUT2D eigenvalue weighted by atomic mass is 9.81. The first-order valence-corrected chi connectivity index (χ1v) is 6.31. The van der Waals surface area contributed by atoms with Gasteiger partial charge in [0.05, 0.1) is 11.1 Å². The highest BCUT2D eigenvalue weighted by Crippen LogP contribution is 2.30. The molecule has 0 saturated heterocycles. The quantitative estimate of drug-likeness (QED) is 0.877. The minimum Gasteiger partial charge on any atom is -0.267 e. The minimum absolute atomic E-state index is 0.0898. The van der Waals surface area contributed by atoms with Crippen LogP contribution in [0.4, 0.5) is 0 Å². The van der Waals surface area contributed by atoms with Gasteiger partial charge in [-0.2, -0.15) is 5.10 Å². The maximum absolute atomic E-state index is 11.6. The molecule has 0 spiro atoms. The third kappa shape index (κ3) is 1.97. The van der Waals surface area contributed by atoms with Crippen molar-refractivity contribution in [2.45, 2.75) is 32.1 Å². The summed E-state index contributed by atoms with van der Waals surface area (Å²) < 4.78 is 0. The fourth-order valence-electron chi connectivity index (χ4n) is 2.48. The predicted octanol–water partition coefficient (Wildman–Crippen LogP) is 2.66. The number of fused-ring (bicyclic) bond motifs is 1. The van der Waals surface area contributed by atoms with Crippen molar-refractivity contribution < 1.29 is 0 Å². The molecule has 1 aromatic heterocycles. The summed E-state index contributed by atoms with van der Waals surface area (Å²) in [6, 6.07) is 7.72. The first-order chi connectivity index (χ1) is 8.34. The van der Waals surface area contributed by atoms with Crippen LogP contribution in [0.25, 0.3) is 10.8 Å². The Balaban J connectivity index is 1.92. The number of rotatable bonds is 3. The highest BCUT2D eigenvalue weighted by molar-refractivity contribution is 5.83. The summed E-state index contributed by atoms with van der Waals surface area (Å²) in [5.74, 6) is 0.877. The maximum Gasteiger partial charge on any atom is 0.272 e. The molecule has 1 fully saturated rings. The fraction of sp³-hybridized carbons (Fsp3) is 0.429. The van der Waals surface area contributed by atoms with Crippen LogP contribution in [0.15, 0.2) is 29.1 Å². The zero-order chi connectivity index (χ0) is 11.7. The number of hydrogen-bond acceptors (Lipinski definition) is 2. The molecule has 1 heterocycles. The van der Waals surface area contributed by atoms with E-state index >= 15 is 0 Å².